The van der Waals surface area contributed by atoms with Crippen LogP contribution in [0.15, 0.2) is 109 Å². The van der Waals surface area contributed by atoms with Crippen LogP contribution in [-0.2, 0) is 0 Å². The van der Waals surface area contributed by atoms with E-state index in [4.69, 9.17) is 4.74 Å². The molecule has 4 aromatic carbocycles. The van der Waals surface area contributed by atoms with Gasteiger partial charge < -0.3 is 9.64 Å². The monoisotopic (exact) mass is 590 g/mol. The van der Waals surface area contributed by atoms with Gasteiger partial charge in [-0.25, -0.2) is 0 Å². The first-order chi connectivity index (χ1) is 18.2. The van der Waals surface area contributed by atoms with Crippen molar-refractivity contribution >= 4 is 52.1 Å². The molecule has 5 heteroatoms. The summed E-state index contributed by atoms with van der Waals surface area (Å²) in [5.74, 6) is 0.676. The van der Waals surface area contributed by atoms with Crippen LogP contribution in [0.5, 0.6) is 5.75 Å². The highest BCUT2D eigenvalue weighted by molar-refractivity contribution is 8.93. The molecule has 0 unspecified atom stereocenters. The van der Waals surface area contributed by atoms with Gasteiger partial charge in [0.15, 0.2) is 6.29 Å². The molecular weight excluding hydrogens is 553 g/mol. The Morgan fingerprint density at radius 3 is 1.66 bits per heavy atom. The summed E-state index contributed by atoms with van der Waals surface area (Å²) in [6, 6.07) is 38.8. The number of carbonyl (C=O) groups is 1. The summed E-state index contributed by atoms with van der Waals surface area (Å²) in [6.45, 7) is 6.70. The molecule has 0 amide bonds. The minimum atomic E-state index is -1.83. The molecule has 0 bridgehead atoms. The zero-order chi connectivity index (χ0) is 25.9. The van der Waals surface area contributed by atoms with E-state index in [0.29, 0.717) is 17.9 Å². The smallest absolute Gasteiger partial charge is 0.153 e. The largest absolute Gasteiger partial charge is 0.493 e. The Balaban J connectivity index is 0.00000400. The van der Waals surface area contributed by atoms with Crippen LogP contribution in [0.3, 0.4) is 0 Å². The topological polar surface area (TPSA) is 29.5 Å². The molecule has 0 aromatic heterocycles. The van der Waals surface area contributed by atoms with Crippen molar-refractivity contribution in [2.45, 2.75) is 26.7 Å². The molecular formula is C33H38BrNO2P+. The summed E-state index contributed by atoms with van der Waals surface area (Å²) >= 11 is 0. The number of halogens is 1. The van der Waals surface area contributed by atoms with Gasteiger partial charge in [-0.15, -0.1) is 17.0 Å². The molecule has 0 saturated carbocycles. The van der Waals surface area contributed by atoms with Crippen molar-refractivity contribution in [3.05, 3.63) is 115 Å². The summed E-state index contributed by atoms with van der Waals surface area (Å²) in [4.78, 5) is 13.9. The molecule has 0 aliphatic carbocycles. The van der Waals surface area contributed by atoms with E-state index in [1.807, 2.05) is 18.2 Å². The van der Waals surface area contributed by atoms with Crippen molar-refractivity contribution in [1.82, 2.24) is 0 Å². The fourth-order valence-corrected chi connectivity index (χ4v) is 9.46. The van der Waals surface area contributed by atoms with Gasteiger partial charge in [-0.2, -0.15) is 0 Å². The molecule has 0 aliphatic heterocycles. The van der Waals surface area contributed by atoms with Crippen LogP contribution in [0.1, 0.15) is 37.0 Å². The Morgan fingerprint density at radius 1 is 0.711 bits per heavy atom. The number of carbonyl (C=O) groups excluding carboxylic acids is 1. The van der Waals surface area contributed by atoms with E-state index in [2.05, 4.69) is 110 Å². The average molecular weight is 592 g/mol. The van der Waals surface area contributed by atoms with Gasteiger partial charge in [0.25, 0.3) is 0 Å². The molecule has 198 valence electrons. The molecule has 0 heterocycles. The minimum absolute atomic E-state index is 0. The number of ether oxygens (including phenoxy) is 1. The minimum Gasteiger partial charge on any atom is -0.493 e. The van der Waals surface area contributed by atoms with Gasteiger partial charge in [0.2, 0.25) is 0 Å². The average Bonchev–Trinajstić information content (AvgIpc) is 2.97. The Bertz CT molecular complexity index is 1150. The zero-order valence-corrected chi connectivity index (χ0v) is 24.9. The highest BCUT2D eigenvalue weighted by Gasteiger charge is 2.44. The van der Waals surface area contributed by atoms with E-state index >= 15 is 0 Å². The van der Waals surface area contributed by atoms with Crippen LogP contribution in [-0.4, -0.2) is 32.1 Å². The first-order valence-corrected chi connectivity index (χ1v) is 15.2. The lowest BCUT2D eigenvalue weighted by Gasteiger charge is -2.27. The number of unbranched alkanes of at least 4 members (excludes halogenated alkanes) is 1. The Morgan fingerprint density at radius 2 is 1.21 bits per heavy atom. The van der Waals surface area contributed by atoms with Gasteiger partial charge in [-0.05, 0) is 75.2 Å². The van der Waals surface area contributed by atoms with Gasteiger partial charge in [0.05, 0.1) is 18.3 Å². The summed E-state index contributed by atoms with van der Waals surface area (Å²) in [7, 11) is -1.83. The van der Waals surface area contributed by atoms with Crippen molar-refractivity contribution in [2.24, 2.45) is 0 Å². The van der Waals surface area contributed by atoms with Crippen molar-refractivity contribution in [3.63, 3.8) is 0 Å². The van der Waals surface area contributed by atoms with E-state index in [9.17, 15) is 4.79 Å². The number of nitrogens with zero attached hydrogens (tertiary/aromatic N) is 1. The lowest BCUT2D eigenvalue weighted by Crippen LogP contribution is -2.33. The number of aldehydes is 1. The van der Waals surface area contributed by atoms with Gasteiger partial charge in [-0.3, -0.25) is 4.79 Å². The first kappa shape index (κ1) is 29.6. The third kappa shape index (κ3) is 6.73. The van der Waals surface area contributed by atoms with Crippen molar-refractivity contribution in [1.29, 1.82) is 0 Å². The standard InChI is InChI=1S/C33H37NO2P.BrH/c1-3-34(4-2)29-23-22-28(27-35)33(26-29)36-24-14-15-25-37(30-16-8-5-9-17-30,31-18-10-6-11-19-31)32-20-12-7-13-21-32;/h5-13,16-23,26-27H,3-4,14-15,24-25H2,1-2H3;1H/q+1;. The molecule has 4 rings (SSSR count). The quantitative estimate of drug-likeness (QED) is 0.0946. The maximum absolute atomic E-state index is 11.6. The van der Waals surface area contributed by atoms with Gasteiger partial charge >= 0.3 is 0 Å². The zero-order valence-electron chi connectivity index (χ0n) is 22.3. The summed E-state index contributed by atoms with van der Waals surface area (Å²) in [5.41, 5.74) is 1.70. The molecule has 0 spiro atoms. The normalized spacial score (nSPS) is 10.9. The molecule has 0 radical (unpaired) electrons. The third-order valence-corrected chi connectivity index (χ3v) is 11.5. The SMILES string of the molecule is Br.CCN(CC)c1ccc(C=O)c(OCCCC[P+](c2ccccc2)(c2ccccc2)c2ccccc2)c1. The molecule has 0 saturated heterocycles. The van der Waals surface area contributed by atoms with Crippen molar-refractivity contribution < 1.29 is 9.53 Å². The molecule has 4 aromatic rings. The number of hydrogen-bond donors (Lipinski definition) is 0. The molecule has 0 fully saturated rings. The summed E-state index contributed by atoms with van der Waals surface area (Å²) < 4.78 is 6.19. The van der Waals surface area contributed by atoms with E-state index in [1.165, 1.54) is 15.9 Å². The number of anilines is 1. The lowest BCUT2D eigenvalue weighted by atomic mass is 10.2. The Labute approximate surface area is 239 Å². The fourth-order valence-electron chi connectivity index (χ4n) is 5.05. The summed E-state index contributed by atoms with van der Waals surface area (Å²) in [6.07, 6.45) is 3.90. The fraction of sp³-hybridized carbons (Fsp3) is 0.242. The van der Waals surface area contributed by atoms with E-state index in [0.717, 1.165) is 44.1 Å². The second-order valence-corrected chi connectivity index (χ2v) is 12.7. The Kier molecular flexibility index (Phi) is 11.6. The molecule has 0 N–H and O–H groups in total. The lowest BCUT2D eigenvalue weighted by molar-refractivity contribution is 0.111. The molecule has 0 atom stereocenters. The van der Waals surface area contributed by atoms with E-state index in [1.54, 1.807) is 0 Å². The second-order valence-electron chi connectivity index (χ2n) is 9.11. The van der Waals surface area contributed by atoms with Gasteiger partial charge in [0.1, 0.15) is 28.9 Å². The maximum Gasteiger partial charge on any atom is 0.153 e. The van der Waals surface area contributed by atoms with Crippen LogP contribution in [0.2, 0.25) is 0 Å². The number of benzene rings is 4. The van der Waals surface area contributed by atoms with Crippen LogP contribution in [0.4, 0.5) is 5.69 Å². The van der Waals surface area contributed by atoms with Crippen molar-refractivity contribution in [3.8, 4) is 5.75 Å². The molecule has 38 heavy (non-hydrogen) atoms. The number of hydrogen-bond acceptors (Lipinski definition) is 3. The van der Waals surface area contributed by atoms with Crippen LogP contribution < -0.4 is 25.6 Å². The molecule has 0 aliphatic rings. The third-order valence-electron chi connectivity index (χ3n) is 6.99. The van der Waals surface area contributed by atoms with Gasteiger partial charge in [0, 0.05) is 24.8 Å². The summed E-state index contributed by atoms with van der Waals surface area (Å²) in [5, 5.41) is 4.22. The predicted octanol–water partition coefficient (Wildman–Crippen LogP) is 7.08. The Hall–Kier alpha value is -2.94. The second kappa shape index (κ2) is 14.9. The highest BCUT2D eigenvalue weighted by atomic mass is 79.9. The van der Waals surface area contributed by atoms with Crippen LogP contribution in [0, 0.1) is 0 Å². The highest BCUT2D eigenvalue weighted by Crippen LogP contribution is 2.55. The first-order valence-electron chi connectivity index (χ1n) is 13.2. The molecule has 3 nitrogen and oxygen atoms in total. The van der Waals surface area contributed by atoms with E-state index in [-0.39, 0.29) is 17.0 Å². The van der Waals surface area contributed by atoms with Gasteiger partial charge in [-0.1, -0.05) is 54.6 Å². The predicted molar refractivity (Wildman–Crippen MR) is 170 cm³/mol. The number of rotatable bonds is 13. The van der Waals surface area contributed by atoms with E-state index < -0.39 is 7.26 Å². The maximum atomic E-state index is 11.6. The van der Waals surface area contributed by atoms with Crippen LogP contribution in [0.25, 0.3) is 0 Å². The van der Waals surface area contributed by atoms with Crippen molar-refractivity contribution in [2.75, 3.05) is 30.8 Å². The van der Waals surface area contributed by atoms with Crippen LogP contribution >= 0.6 is 24.2 Å².